The molecule has 1 unspecified atom stereocenters. The van der Waals surface area contributed by atoms with Crippen LogP contribution in [0.15, 0.2) is 41.5 Å². The normalized spacial score (nSPS) is 18.0. The summed E-state index contributed by atoms with van der Waals surface area (Å²) < 4.78 is 0. The molecule has 0 amide bonds. The third kappa shape index (κ3) is 3.56. The highest BCUT2D eigenvalue weighted by molar-refractivity contribution is 8.14. The third-order valence-corrected chi connectivity index (χ3v) is 4.93. The van der Waals surface area contributed by atoms with Crippen molar-refractivity contribution in [2.24, 2.45) is 4.99 Å². The first kappa shape index (κ1) is 14.4. The molecule has 21 heavy (non-hydrogen) atoms. The van der Waals surface area contributed by atoms with Crippen molar-refractivity contribution >= 4 is 27.8 Å². The molecule has 1 N–H and O–H groups in total. The highest BCUT2D eigenvalue weighted by Crippen LogP contribution is 2.23. The molecular formula is C17H21N3S. The van der Waals surface area contributed by atoms with E-state index in [1.807, 2.05) is 24.0 Å². The molecule has 3 nitrogen and oxygen atoms in total. The van der Waals surface area contributed by atoms with Crippen LogP contribution in [0.4, 0.5) is 0 Å². The highest BCUT2D eigenvalue weighted by atomic mass is 32.2. The lowest BCUT2D eigenvalue weighted by molar-refractivity contribution is 0.753. The number of nitrogens with zero attached hydrogens (tertiary/aromatic N) is 2. The van der Waals surface area contributed by atoms with Crippen LogP contribution in [-0.2, 0) is 6.42 Å². The number of fused-ring (bicyclic) bond motifs is 1. The molecule has 2 heterocycles. The zero-order valence-corrected chi connectivity index (χ0v) is 13.2. The number of rotatable bonds is 5. The molecule has 1 aliphatic rings. The van der Waals surface area contributed by atoms with E-state index in [-0.39, 0.29) is 0 Å². The molecule has 1 aliphatic heterocycles. The number of para-hydroxylation sites is 1. The van der Waals surface area contributed by atoms with Crippen LogP contribution in [0.2, 0.25) is 0 Å². The van der Waals surface area contributed by atoms with Gasteiger partial charge < -0.3 is 5.32 Å². The minimum Gasteiger partial charge on any atom is -0.365 e. The van der Waals surface area contributed by atoms with Crippen LogP contribution in [0.3, 0.4) is 0 Å². The predicted octanol–water partition coefficient (Wildman–Crippen LogP) is 3.64. The van der Waals surface area contributed by atoms with E-state index in [0.29, 0.717) is 5.25 Å². The number of thioether (sulfide) groups is 1. The first-order chi connectivity index (χ1) is 10.4. The topological polar surface area (TPSA) is 37.3 Å². The molecule has 0 bridgehead atoms. The lowest BCUT2D eigenvalue weighted by atomic mass is 10.1. The smallest absolute Gasteiger partial charge is 0.156 e. The molecule has 4 heteroatoms. The van der Waals surface area contributed by atoms with Gasteiger partial charge in [-0.2, -0.15) is 0 Å². The summed E-state index contributed by atoms with van der Waals surface area (Å²) in [6.45, 7) is 4.12. The average molecular weight is 299 g/mol. The maximum absolute atomic E-state index is 4.58. The van der Waals surface area contributed by atoms with Crippen molar-refractivity contribution in [3.63, 3.8) is 0 Å². The minimum absolute atomic E-state index is 0.678. The summed E-state index contributed by atoms with van der Waals surface area (Å²) in [4.78, 5) is 9.09. The number of pyridine rings is 1. The fourth-order valence-electron chi connectivity index (χ4n) is 2.66. The molecule has 0 saturated carbocycles. The van der Waals surface area contributed by atoms with Gasteiger partial charge in [0.25, 0.3) is 0 Å². The summed E-state index contributed by atoms with van der Waals surface area (Å²) >= 11 is 1.90. The van der Waals surface area contributed by atoms with E-state index in [9.17, 15) is 0 Å². The van der Waals surface area contributed by atoms with Gasteiger partial charge in [-0.05, 0) is 24.5 Å². The zero-order valence-electron chi connectivity index (χ0n) is 12.4. The van der Waals surface area contributed by atoms with Crippen molar-refractivity contribution in [2.45, 2.75) is 31.4 Å². The highest BCUT2D eigenvalue weighted by Gasteiger charge is 2.18. The fraction of sp³-hybridized carbons (Fsp3) is 0.412. The molecule has 0 fully saturated rings. The summed E-state index contributed by atoms with van der Waals surface area (Å²) in [5, 5.41) is 6.47. The molecular weight excluding hydrogens is 278 g/mol. The van der Waals surface area contributed by atoms with E-state index < -0.39 is 0 Å². The fourth-order valence-corrected chi connectivity index (χ4v) is 3.81. The van der Waals surface area contributed by atoms with Crippen molar-refractivity contribution in [1.82, 2.24) is 10.3 Å². The van der Waals surface area contributed by atoms with Crippen LogP contribution in [0.5, 0.6) is 0 Å². The quantitative estimate of drug-likeness (QED) is 0.916. The van der Waals surface area contributed by atoms with Gasteiger partial charge in [-0.15, -0.1) is 0 Å². The lowest BCUT2D eigenvalue weighted by Gasteiger charge is -2.09. The molecule has 1 atom stereocenters. The molecule has 0 saturated heterocycles. The van der Waals surface area contributed by atoms with Crippen LogP contribution in [0.25, 0.3) is 10.9 Å². The monoisotopic (exact) mass is 299 g/mol. The lowest BCUT2D eigenvalue weighted by Crippen LogP contribution is -2.22. The van der Waals surface area contributed by atoms with Crippen LogP contribution in [-0.4, -0.2) is 28.5 Å². The maximum Gasteiger partial charge on any atom is 0.156 e. The molecule has 1 aromatic carbocycles. The number of benzene rings is 1. The van der Waals surface area contributed by atoms with Crippen molar-refractivity contribution < 1.29 is 0 Å². The van der Waals surface area contributed by atoms with Gasteiger partial charge in [-0.3, -0.25) is 9.98 Å². The second-order valence-corrected chi connectivity index (χ2v) is 6.63. The Morgan fingerprint density at radius 2 is 2.19 bits per heavy atom. The molecule has 2 aromatic rings. The number of amidine groups is 1. The summed E-state index contributed by atoms with van der Waals surface area (Å²) in [7, 11) is 0. The van der Waals surface area contributed by atoms with E-state index >= 15 is 0 Å². The van der Waals surface area contributed by atoms with Gasteiger partial charge >= 0.3 is 0 Å². The standard InChI is InChI=1S/C17H21N3S/c1-2-5-15-12-20-17(21-15)19-11-9-14-7-3-6-13-8-4-10-18-16(13)14/h3-4,6-8,10,15H,2,5,9,11-12H2,1H3,(H,19,20). The van der Waals surface area contributed by atoms with E-state index in [4.69, 9.17) is 0 Å². The van der Waals surface area contributed by atoms with Crippen molar-refractivity contribution in [1.29, 1.82) is 0 Å². The molecule has 110 valence electrons. The zero-order chi connectivity index (χ0) is 14.5. The van der Waals surface area contributed by atoms with Crippen molar-refractivity contribution in [3.8, 4) is 0 Å². The summed E-state index contributed by atoms with van der Waals surface area (Å²) in [6, 6.07) is 10.5. The SMILES string of the molecule is CCCC1CN=C(NCCc2cccc3cccnc23)S1. The second kappa shape index (κ2) is 6.94. The number of hydrogen-bond acceptors (Lipinski definition) is 4. The summed E-state index contributed by atoms with van der Waals surface area (Å²) in [5.74, 6) is 0. The Bertz CT molecular complexity index is 633. The van der Waals surface area contributed by atoms with Crippen LogP contribution >= 0.6 is 11.8 Å². The number of aliphatic imine (C=N–C) groups is 1. The van der Waals surface area contributed by atoms with Gasteiger partial charge in [-0.1, -0.05) is 49.4 Å². The predicted molar refractivity (Wildman–Crippen MR) is 92.0 cm³/mol. The van der Waals surface area contributed by atoms with Crippen molar-refractivity contribution in [3.05, 3.63) is 42.1 Å². The Hall–Kier alpha value is -1.55. The molecule has 0 aliphatic carbocycles. The van der Waals surface area contributed by atoms with E-state index in [1.54, 1.807) is 0 Å². The molecule has 0 radical (unpaired) electrons. The van der Waals surface area contributed by atoms with Crippen molar-refractivity contribution in [2.75, 3.05) is 13.1 Å². The van der Waals surface area contributed by atoms with Gasteiger partial charge in [-0.25, -0.2) is 0 Å². The molecule has 0 spiro atoms. The second-order valence-electron chi connectivity index (χ2n) is 5.34. The number of aromatic nitrogens is 1. The summed E-state index contributed by atoms with van der Waals surface area (Å²) in [6.07, 6.45) is 5.34. The Balaban J connectivity index is 1.56. The third-order valence-electron chi connectivity index (χ3n) is 3.71. The molecule has 3 rings (SSSR count). The Labute approximate surface area is 130 Å². The Kier molecular flexibility index (Phi) is 4.76. The molecule has 1 aromatic heterocycles. The van der Waals surface area contributed by atoms with Crippen LogP contribution in [0.1, 0.15) is 25.3 Å². The van der Waals surface area contributed by atoms with Gasteiger partial charge in [0.1, 0.15) is 0 Å². The summed E-state index contributed by atoms with van der Waals surface area (Å²) in [5.41, 5.74) is 2.42. The first-order valence-corrected chi connectivity index (χ1v) is 8.52. The van der Waals surface area contributed by atoms with E-state index in [1.165, 1.54) is 23.8 Å². The Morgan fingerprint density at radius 1 is 1.29 bits per heavy atom. The first-order valence-electron chi connectivity index (χ1n) is 7.64. The Morgan fingerprint density at radius 3 is 3.10 bits per heavy atom. The van der Waals surface area contributed by atoms with Gasteiger partial charge in [0.05, 0.1) is 12.1 Å². The maximum atomic E-state index is 4.58. The minimum atomic E-state index is 0.678. The van der Waals surface area contributed by atoms with E-state index in [2.05, 4.69) is 46.5 Å². The van der Waals surface area contributed by atoms with Gasteiger partial charge in [0, 0.05) is 23.4 Å². The van der Waals surface area contributed by atoms with Crippen LogP contribution in [0, 0.1) is 0 Å². The van der Waals surface area contributed by atoms with Gasteiger partial charge in [0.2, 0.25) is 0 Å². The van der Waals surface area contributed by atoms with Crippen LogP contribution < -0.4 is 5.32 Å². The van der Waals surface area contributed by atoms with E-state index in [0.717, 1.165) is 30.2 Å². The largest absolute Gasteiger partial charge is 0.365 e. The van der Waals surface area contributed by atoms with Gasteiger partial charge in [0.15, 0.2) is 5.17 Å². The number of hydrogen-bond donors (Lipinski definition) is 1. The average Bonchev–Trinajstić information content (AvgIpc) is 2.96. The number of nitrogens with one attached hydrogen (secondary N) is 1.